The van der Waals surface area contributed by atoms with Crippen LogP contribution >= 0.6 is 0 Å². The lowest BCUT2D eigenvalue weighted by molar-refractivity contribution is 0.145. The first kappa shape index (κ1) is 19.6. The number of ether oxygens (including phenoxy) is 1. The summed E-state index contributed by atoms with van der Waals surface area (Å²) in [5.74, 6) is 2.18. The van der Waals surface area contributed by atoms with Crippen molar-refractivity contribution >= 4 is 0 Å². The number of aliphatic hydroxyl groups is 1. The normalized spacial score (nSPS) is 21.4. The Bertz CT molecular complexity index is 941. The van der Waals surface area contributed by atoms with Gasteiger partial charge in [0, 0.05) is 43.3 Å². The van der Waals surface area contributed by atoms with E-state index in [0.29, 0.717) is 12.5 Å². The number of hydrogen-bond donors (Lipinski definition) is 2. The minimum atomic E-state index is -0.345. The highest BCUT2D eigenvalue weighted by Gasteiger charge is 2.33. The lowest BCUT2D eigenvalue weighted by Crippen LogP contribution is -2.35. The van der Waals surface area contributed by atoms with Crippen LogP contribution in [0.1, 0.15) is 24.0 Å². The van der Waals surface area contributed by atoms with Crippen LogP contribution < -0.4 is 10.1 Å². The number of pyridine rings is 1. The van der Waals surface area contributed by atoms with Gasteiger partial charge in [0.25, 0.3) is 0 Å². The van der Waals surface area contributed by atoms with E-state index in [9.17, 15) is 5.11 Å². The number of rotatable bonds is 7. The summed E-state index contributed by atoms with van der Waals surface area (Å²) < 4.78 is 7.55. The third-order valence-corrected chi connectivity index (χ3v) is 5.88. The van der Waals surface area contributed by atoms with Crippen LogP contribution in [0, 0.1) is 12.8 Å². The molecule has 3 atom stereocenters. The van der Waals surface area contributed by atoms with E-state index >= 15 is 0 Å². The van der Waals surface area contributed by atoms with Crippen LogP contribution in [0.4, 0.5) is 0 Å². The first-order valence-electron chi connectivity index (χ1n) is 10.1. The minimum absolute atomic E-state index is 0.0781. The first-order valence-corrected chi connectivity index (χ1v) is 10.1. The molecule has 0 amide bonds. The summed E-state index contributed by atoms with van der Waals surface area (Å²) in [5.41, 5.74) is 3.30. The Labute approximate surface area is 171 Å². The fraction of sp³-hybridized carbons (Fsp3) is 0.391. The molecular weight excluding hydrogens is 364 g/mol. The van der Waals surface area contributed by atoms with Gasteiger partial charge in [0.15, 0.2) is 0 Å². The van der Waals surface area contributed by atoms with Crippen LogP contribution in [0.3, 0.4) is 0 Å². The Morgan fingerprint density at radius 3 is 2.83 bits per heavy atom. The summed E-state index contributed by atoms with van der Waals surface area (Å²) in [6.07, 6.45) is 8.85. The van der Waals surface area contributed by atoms with Crippen molar-refractivity contribution in [2.24, 2.45) is 5.92 Å². The maximum Gasteiger partial charge on any atom is 0.140 e. The summed E-state index contributed by atoms with van der Waals surface area (Å²) in [6.45, 7) is 3.57. The van der Waals surface area contributed by atoms with Gasteiger partial charge >= 0.3 is 0 Å². The van der Waals surface area contributed by atoms with Crippen molar-refractivity contribution in [2.75, 3.05) is 7.11 Å². The van der Waals surface area contributed by atoms with Gasteiger partial charge in [-0.1, -0.05) is 30.3 Å². The summed E-state index contributed by atoms with van der Waals surface area (Å²) in [5, 5.41) is 14.1. The van der Waals surface area contributed by atoms with Crippen LogP contribution in [-0.2, 0) is 13.1 Å². The molecule has 0 radical (unpaired) electrons. The van der Waals surface area contributed by atoms with Crippen molar-refractivity contribution in [3.63, 3.8) is 0 Å². The number of benzene rings is 1. The Morgan fingerprint density at radius 1 is 1.21 bits per heavy atom. The van der Waals surface area contributed by atoms with E-state index in [-0.39, 0.29) is 12.1 Å². The molecule has 3 aromatic rings. The molecule has 2 heterocycles. The monoisotopic (exact) mass is 392 g/mol. The van der Waals surface area contributed by atoms with E-state index in [1.54, 1.807) is 13.3 Å². The molecule has 152 valence electrons. The zero-order valence-electron chi connectivity index (χ0n) is 17.0. The molecule has 6 nitrogen and oxygen atoms in total. The lowest BCUT2D eigenvalue weighted by Gasteiger charge is -2.18. The zero-order valence-corrected chi connectivity index (χ0v) is 17.0. The summed E-state index contributed by atoms with van der Waals surface area (Å²) in [6, 6.07) is 10.3. The van der Waals surface area contributed by atoms with Crippen LogP contribution in [0.25, 0.3) is 11.4 Å². The van der Waals surface area contributed by atoms with Crippen LogP contribution in [0.15, 0.2) is 55.1 Å². The molecular formula is C23H28N4O2. The van der Waals surface area contributed by atoms with Crippen LogP contribution in [-0.4, -0.2) is 38.9 Å². The van der Waals surface area contributed by atoms with E-state index < -0.39 is 0 Å². The molecule has 29 heavy (non-hydrogen) atoms. The van der Waals surface area contributed by atoms with Gasteiger partial charge in [-0.15, -0.1) is 0 Å². The second-order valence-corrected chi connectivity index (χ2v) is 7.79. The molecule has 0 bridgehead atoms. The molecule has 0 spiro atoms. The maximum atomic E-state index is 10.6. The van der Waals surface area contributed by atoms with E-state index in [4.69, 9.17) is 4.74 Å². The molecule has 1 unspecified atom stereocenters. The van der Waals surface area contributed by atoms with Gasteiger partial charge in [-0.2, -0.15) is 0 Å². The van der Waals surface area contributed by atoms with Crippen LogP contribution in [0.2, 0.25) is 0 Å². The number of aromatic nitrogens is 3. The second kappa shape index (κ2) is 8.76. The van der Waals surface area contributed by atoms with E-state index in [1.165, 1.54) is 0 Å². The van der Waals surface area contributed by atoms with E-state index in [2.05, 4.69) is 32.0 Å². The number of nitrogens with one attached hydrogen (secondary N) is 1. The fourth-order valence-electron chi connectivity index (χ4n) is 4.24. The smallest absolute Gasteiger partial charge is 0.140 e. The Morgan fingerprint density at radius 2 is 2.03 bits per heavy atom. The predicted molar refractivity (Wildman–Crippen MR) is 113 cm³/mol. The van der Waals surface area contributed by atoms with Gasteiger partial charge in [0.1, 0.15) is 11.6 Å². The van der Waals surface area contributed by atoms with Gasteiger partial charge < -0.3 is 19.7 Å². The highest BCUT2D eigenvalue weighted by atomic mass is 16.5. The number of nitrogens with zero attached hydrogens (tertiary/aromatic N) is 3. The topological polar surface area (TPSA) is 72.2 Å². The molecule has 4 rings (SSSR count). The van der Waals surface area contributed by atoms with Gasteiger partial charge in [0.05, 0.1) is 19.4 Å². The largest absolute Gasteiger partial charge is 0.495 e. The maximum absolute atomic E-state index is 10.6. The van der Waals surface area contributed by atoms with Gasteiger partial charge in [-0.25, -0.2) is 4.98 Å². The number of hydrogen-bond acceptors (Lipinski definition) is 5. The molecule has 1 fully saturated rings. The first-order chi connectivity index (χ1) is 14.2. The van der Waals surface area contributed by atoms with E-state index in [0.717, 1.165) is 47.7 Å². The van der Waals surface area contributed by atoms with Crippen molar-refractivity contribution in [2.45, 2.75) is 45.0 Å². The Balaban J connectivity index is 1.38. The second-order valence-electron chi connectivity index (χ2n) is 7.79. The molecule has 0 saturated heterocycles. The Hall–Kier alpha value is -2.70. The quantitative estimate of drug-likeness (QED) is 0.646. The summed E-state index contributed by atoms with van der Waals surface area (Å²) >= 11 is 0. The lowest BCUT2D eigenvalue weighted by atomic mass is 10.1. The summed E-state index contributed by atoms with van der Waals surface area (Å²) in [7, 11) is 1.66. The molecule has 2 N–H and O–H groups in total. The molecule has 1 saturated carbocycles. The molecule has 6 heteroatoms. The third-order valence-electron chi connectivity index (χ3n) is 5.88. The Kier molecular flexibility index (Phi) is 5.92. The van der Waals surface area contributed by atoms with Gasteiger partial charge in [0.2, 0.25) is 0 Å². The average molecular weight is 393 g/mol. The average Bonchev–Trinajstić information content (AvgIpc) is 3.34. The molecule has 2 aromatic heterocycles. The highest BCUT2D eigenvalue weighted by molar-refractivity contribution is 5.55. The van der Waals surface area contributed by atoms with Crippen molar-refractivity contribution in [3.8, 4) is 17.1 Å². The van der Waals surface area contributed by atoms with Crippen molar-refractivity contribution in [3.05, 3.63) is 66.2 Å². The van der Waals surface area contributed by atoms with Gasteiger partial charge in [-0.05, 0) is 36.8 Å². The molecule has 1 aliphatic rings. The molecule has 0 aliphatic heterocycles. The SMILES string of the molecule is COc1cncc(CN[C@@H]2CC(Cn3ccnc3-c3ccccc3)C[C@H]2O)c1C. The van der Waals surface area contributed by atoms with Crippen molar-refractivity contribution in [1.82, 2.24) is 19.9 Å². The number of methoxy groups -OCH3 is 1. The fourth-order valence-corrected chi connectivity index (χ4v) is 4.24. The number of aliphatic hydroxyl groups excluding tert-OH is 1. The minimum Gasteiger partial charge on any atom is -0.495 e. The third kappa shape index (κ3) is 4.33. The van der Waals surface area contributed by atoms with Gasteiger partial charge in [-0.3, -0.25) is 4.98 Å². The number of imidazole rings is 1. The highest BCUT2D eigenvalue weighted by Crippen LogP contribution is 2.30. The zero-order chi connectivity index (χ0) is 20.2. The van der Waals surface area contributed by atoms with Crippen molar-refractivity contribution in [1.29, 1.82) is 0 Å². The van der Waals surface area contributed by atoms with Crippen LogP contribution in [0.5, 0.6) is 5.75 Å². The van der Waals surface area contributed by atoms with Crippen molar-refractivity contribution < 1.29 is 9.84 Å². The standard InChI is InChI=1S/C23H28N4O2/c1-16-19(12-24-14-22(16)29-2)13-26-20-10-17(11-21(20)28)15-27-9-8-25-23(27)18-6-4-3-5-7-18/h3-9,12,14,17,20-21,26,28H,10-11,13,15H2,1-2H3/t17?,20-,21-/m1/s1. The molecule has 1 aromatic carbocycles. The van der Waals surface area contributed by atoms with E-state index in [1.807, 2.05) is 43.7 Å². The summed E-state index contributed by atoms with van der Waals surface area (Å²) in [4.78, 5) is 8.78. The molecule has 1 aliphatic carbocycles. The predicted octanol–water partition coefficient (Wildman–Crippen LogP) is 3.19.